The van der Waals surface area contributed by atoms with Crippen molar-refractivity contribution in [2.75, 3.05) is 6.61 Å². The first kappa shape index (κ1) is 24.1. The van der Waals surface area contributed by atoms with E-state index in [1.54, 1.807) is 12.1 Å². The lowest BCUT2D eigenvalue weighted by molar-refractivity contribution is -0.121. The normalized spacial score (nSPS) is 22.1. The Hall–Kier alpha value is -3.59. The van der Waals surface area contributed by atoms with Crippen molar-refractivity contribution in [2.45, 2.75) is 63.8 Å². The maximum absolute atomic E-state index is 13.0. The van der Waals surface area contributed by atoms with Gasteiger partial charge in [0, 0.05) is 31.8 Å². The van der Waals surface area contributed by atoms with Gasteiger partial charge in [0.25, 0.3) is 0 Å². The first-order valence-corrected chi connectivity index (χ1v) is 12.7. The topological polar surface area (TPSA) is 81.2 Å². The van der Waals surface area contributed by atoms with E-state index >= 15 is 0 Å². The fourth-order valence-electron chi connectivity index (χ4n) is 4.78. The van der Waals surface area contributed by atoms with Crippen LogP contribution in [0.15, 0.2) is 66.0 Å². The van der Waals surface area contributed by atoms with E-state index in [1.165, 1.54) is 17.7 Å². The Labute approximate surface area is 211 Å². The minimum atomic E-state index is -0.284. The average Bonchev–Trinajstić information content (AvgIpc) is 3.52. The van der Waals surface area contributed by atoms with Crippen molar-refractivity contribution in [2.24, 2.45) is 5.10 Å². The molecule has 0 aliphatic carbocycles. The Balaban J connectivity index is 1.11. The number of carbonyl (C=O) groups excluding carboxylic acids is 1. The fourth-order valence-corrected chi connectivity index (χ4v) is 4.78. The first-order valence-electron chi connectivity index (χ1n) is 12.7. The van der Waals surface area contributed by atoms with E-state index < -0.39 is 0 Å². The van der Waals surface area contributed by atoms with Crippen LogP contribution < -0.4 is 20.9 Å². The van der Waals surface area contributed by atoms with E-state index in [9.17, 15) is 9.18 Å². The largest absolute Gasteiger partial charge is 0.494 e. The van der Waals surface area contributed by atoms with E-state index in [0.717, 1.165) is 43.0 Å². The number of ether oxygens (including phenoxy) is 1. The Morgan fingerprint density at radius 3 is 2.75 bits per heavy atom. The van der Waals surface area contributed by atoms with Gasteiger partial charge < -0.3 is 20.0 Å². The second-order valence-corrected chi connectivity index (χ2v) is 9.37. The van der Waals surface area contributed by atoms with Gasteiger partial charge in [0.15, 0.2) is 0 Å². The molecule has 36 heavy (non-hydrogen) atoms. The molecule has 9 heteroatoms. The molecule has 0 bridgehead atoms. The summed E-state index contributed by atoms with van der Waals surface area (Å²) in [6.07, 6.45) is 8.04. The van der Waals surface area contributed by atoms with Crippen molar-refractivity contribution in [3.63, 3.8) is 0 Å². The van der Waals surface area contributed by atoms with Crippen molar-refractivity contribution in [1.29, 1.82) is 0 Å². The van der Waals surface area contributed by atoms with Crippen molar-refractivity contribution >= 4 is 11.7 Å². The molecule has 3 unspecified atom stereocenters. The number of unbranched alkanes of at least 4 members (excludes halogenated alkanes) is 1. The number of nitrogens with one attached hydrogen (secondary N) is 3. The molecule has 8 nitrogen and oxygen atoms in total. The zero-order chi connectivity index (χ0) is 24.9. The molecule has 2 aromatic carbocycles. The smallest absolute Gasteiger partial charge is 0.220 e. The Kier molecular flexibility index (Phi) is 7.36. The van der Waals surface area contributed by atoms with Gasteiger partial charge in [-0.05, 0) is 48.2 Å². The van der Waals surface area contributed by atoms with E-state index in [-0.39, 0.29) is 30.0 Å². The minimum absolute atomic E-state index is 0.0152. The molecule has 0 saturated carbocycles. The molecule has 0 radical (unpaired) electrons. The second-order valence-electron chi connectivity index (χ2n) is 9.37. The highest BCUT2D eigenvalue weighted by Gasteiger charge is 2.44. The molecular formula is C27H33FN6O2. The SMILES string of the molecule is CCCCOc1ccc(C2CC3C4NN=C(CCC(=O)NCc5ccc(F)cc5)N4C=CN3N2)cc1. The van der Waals surface area contributed by atoms with Crippen LogP contribution in [-0.4, -0.2) is 40.5 Å². The Morgan fingerprint density at radius 1 is 1.17 bits per heavy atom. The van der Waals surface area contributed by atoms with Gasteiger partial charge in [0.2, 0.25) is 5.91 Å². The molecule has 1 fully saturated rings. The van der Waals surface area contributed by atoms with Gasteiger partial charge >= 0.3 is 0 Å². The zero-order valence-electron chi connectivity index (χ0n) is 20.5. The van der Waals surface area contributed by atoms with Crippen molar-refractivity contribution in [3.8, 4) is 5.75 Å². The van der Waals surface area contributed by atoms with Crippen LogP contribution >= 0.6 is 0 Å². The molecule has 0 aromatic heterocycles. The number of carbonyl (C=O) groups is 1. The van der Waals surface area contributed by atoms with Gasteiger partial charge in [-0.1, -0.05) is 37.6 Å². The number of amides is 1. The monoisotopic (exact) mass is 492 g/mol. The van der Waals surface area contributed by atoms with Gasteiger partial charge in [-0.3, -0.25) is 10.2 Å². The molecule has 3 aliphatic rings. The van der Waals surface area contributed by atoms with Crippen molar-refractivity contribution < 1.29 is 13.9 Å². The standard InChI is InChI=1S/C27H33FN6O2/c1-2-3-16-36-22-10-6-20(7-11-22)23-17-24-27-31-30-25(33(27)14-15-34(24)32-23)12-13-26(35)29-18-19-4-8-21(28)9-5-19/h4-11,14-15,23-24,27,31-32H,2-3,12-13,16-18H2,1H3,(H,29,35). The summed E-state index contributed by atoms with van der Waals surface area (Å²) in [6.45, 7) is 3.29. The number of hydrogen-bond acceptors (Lipinski definition) is 7. The number of hydrazone groups is 1. The summed E-state index contributed by atoms with van der Waals surface area (Å²) in [7, 11) is 0. The van der Waals surface area contributed by atoms with Gasteiger partial charge in [-0.2, -0.15) is 5.10 Å². The summed E-state index contributed by atoms with van der Waals surface area (Å²) in [5.74, 6) is 1.42. The lowest BCUT2D eigenvalue weighted by Crippen LogP contribution is -2.54. The predicted octanol–water partition coefficient (Wildman–Crippen LogP) is 3.75. The van der Waals surface area contributed by atoms with E-state index in [0.29, 0.717) is 19.4 Å². The Morgan fingerprint density at radius 2 is 1.97 bits per heavy atom. The molecule has 2 aromatic rings. The van der Waals surface area contributed by atoms with Crippen LogP contribution in [0.3, 0.4) is 0 Å². The number of nitrogens with zero attached hydrogens (tertiary/aromatic N) is 3. The molecule has 3 atom stereocenters. The van der Waals surface area contributed by atoms with E-state index in [1.807, 2.05) is 24.5 Å². The third-order valence-electron chi connectivity index (χ3n) is 6.84. The summed E-state index contributed by atoms with van der Waals surface area (Å²) < 4.78 is 18.8. The highest BCUT2D eigenvalue weighted by Crippen LogP contribution is 2.34. The lowest BCUT2D eigenvalue weighted by atomic mass is 9.99. The number of benzene rings is 2. The summed E-state index contributed by atoms with van der Waals surface area (Å²) >= 11 is 0. The van der Waals surface area contributed by atoms with E-state index in [4.69, 9.17) is 4.74 Å². The fraction of sp³-hybridized carbons (Fsp3) is 0.407. The maximum atomic E-state index is 13.0. The average molecular weight is 493 g/mol. The summed E-state index contributed by atoms with van der Waals surface area (Å²) in [6, 6.07) is 14.9. The molecule has 3 heterocycles. The van der Waals surface area contributed by atoms with Crippen LogP contribution in [-0.2, 0) is 11.3 Å². The van der Waals surface area contributed by atoms with Gasteiger partial charge in [-0.25, -0.2) is 9.82 Å². The quantitative estimate of drug-likeness (QED) is 0.439. The third kappa shape index (κ3) is 5.46. The van der Waals surface area contributed by atoms with E-state index in [2.05, 4.69) is 50.2 Å². The predicted molar refractivity (Wildman–Crippen MR) is 136 cm³/mol. The lowest BCUT2D eigenvalue weighted by Gasteiger charge is -2.37. The van der Waals surface area contributed by atoms with Gasteiger partial charge in [0.1, 0.15) is 23.6 Å². The van der Waals surface area contributed by atoms with Crippen LogP contribution in [0, 0.1) is 5.82 Å². The van der Waals surface area contributed by atoms with Crippen LogP contribution in [0.2, 0.25) is 0 Å². The number of amidine groups is 1. The van der Waals surface area contributed by atoms with Crippen LogP contribution in [0.5, 0.6) is 5.75 Å². The Bertz CT molecular complexity index is 1100. The molecular weight excluding hydrogens is 459 g/mol. The maximum Gasteiger partial charge on any atom is 0.220 e. The third-order valence-corrected chi connectivity index (χ3v) is 6.84. The summed E-state index contributed by atoms with van der Waals surface area (Å²) in [5.41, 5.74) is 8.96. The molecule has 1 saturated heterocycles. The minimum Gasteiger partial charge on any atom is -0.494 e. The molecule has 5 rings (SSSR count). The second kappa shape index (κ2) is 11.0. The molecule has 190 valence electrons. The summed E-state index contributed by atoms with van der Waals surface area (Å²) in [4.78, 5) is 14.5. The number of halogens is 1. The number of rotatable bonds is 10. The first-order chi connectivity index (χ1) is 17.6. The van der Waals surface area contributed by atoms with Crippen molar-refractivity contribution in [1.82, 2.24) is 26.1 Å². The van der Waals surface area contributed by atoms with Gasteiger partial charge in [0.05, 0.1) is 18.7 Å². The highest BCUT2D eigenvalue weighted by atomic mass is 19.1. The van der Waals surface area contributed by atoms with Crippen molar-refractivity contribution in [3.05, 3.63) is 77.9 Å². The molecule has 1 amide bonds. The van der Waals surface area contributed by atoms with Gasteiger partial charge in [-0.15, -0.1) is 0 Å². The molecule has 3 N–H and O–H groups in total. The number of hydrazine groups is 1. The number of hydrogen-bond donors (Lipinski definition) is 3. The van der Waals surface area contributed by atoms with Crippen LogP contribution in [0.4, 0.5) is 4.39 Å². The summed E-state index contributed by atoms with van der Waals surface area (Å²) in [5, 5.41) is 9.58. The highest BCUT2D eigenvalue weighted by molar-refractivity contribution is 5.89. The van der Waals surface area contributed by atoms with Crippen LogP contribution in [0.1, 0.15) is 56.2 Å². The zero-order valence-corrected chi connectivity index (χ0v) is 20.5. The molecule has 3 aliphatic heterocycles. The number of fused-ring (bicyclic) bond motifs is 3. The van der Waals surface area contributed by atoms with Crippen LogP contribution in [0.25, 0.3) is 0 Å². The molecule has 0 spiro atoms.